The third-order valence-electron chi connectivity index (χ3n) is 1.78. The van der Waals surface area contributed by atoms with Crippen molar-refractivity contribution in [2.45, 2.75) is 6.42 Å². The molecule has 3 nitrogen and oxygen atoms in total. The van der Waals surface area contributed by atoms with Crippen molar-refractivity contribution in [3.8, 4) is 0 Å². The molecule has 0 saturated carbocycles. The lowest BCUT2D eigenvalue weighted by molar-refractivity contribution is 0.0695. The predicted molar refractivity (Wildman–Crippen MR) is 46.1 cm³/mol. The van der Waals surface area contributed by atoms with Crippen LogP contribution in [0.25, 0.3) is 0 Å². The van der Waals surface area contributed by atoms with Crippen LogP contribution >= 0.6 is 0 Å². The molecule has 76 valence electrons. The standard InChI is InChI=1S/C9H9F2NO2/c10-7-3-5(9(13)14)4-8(11)6(7)1-2-12/h3-4H,1-2,12H2,(H,13,14). The second-order valence-electron chi connectivity index (χ2n) is 2.76. The van der Waals surface area contributed by atoms with Crippen LogP contribution in [0.4, 0.5) is 8.78 Å². The molecule has 0 radical (unpaired) electrons. The van der Waals surface area contributed by atoms with Crippen LogP contribution < -0.4 is 5.73 Å². The molecule has 0 amide bonds. The molecule has 0 heterocycles. The highest BCUT2D eigenvalue weighted by molar-refractivity contribution is 5.87. The van der Waals surface area contributed by atoms with Crippen molar-refractivity contribution >= 4 is 5.97 Å². The summed E-state index contributed by atoms with van der Waals surface area (Å²) < 4.78 is 26.2. The van der Waals surface area contributed by atoms with Gasteiger partial charge in [-0.15, -0.1) is 0 Å². The molecule has 0 saturated heterocycles. The number of carbonyl (C=O) groups is 1. The predicted octanol–water partition coefficient (Wildman–Crippen LogP) is 1.16. The fourth-order valence-electron chi connectivity index (χ4n) is 1.11. The van der Waals surface area contributed by atoms with Gasteiger partial charge in [0.25, 0.3) is 0 Å². The summed E-state index contributed by atoms with van der Waals surface area (Å²) in [6, 6.07) is 1.58. The number of halogens is 2. The van der Waals surface area contributed by atoms with Gasteiger partial charge in [-0.2, -0.15) is 0 Å². The Bertz CT molecular complexity index is 343. The zero-order valence-electron chi connectivity index (χ0n) is 7.26. The van der Waals surface area contributed by atoms with Crippen LogP contribution in [0.5, 0.6) is 0 Å². The number of hydrogen-bond acceptors (Lipinski definition) is 2. The van der Waals surface area contributed by atoms with Gasteiger partial charge in [0, 0.05) is 5.56 Å². The Morgan fingerprint density at radius 2 is 1.86 bits per heavy atom. The molecule has 14 heavy (non-hydrogen) atoms. The molecule has 1 aromatic rings. The second-order valence-corrected chi connectivity index (χ2v) is 2.76. The Morgan fingerprint density at radius 3 is 2.21 bits per heavy atom. The van der Waals surface area contributed by atoms with Gasteiger partial charge < -0.3 is 10.8 Å². The van der Waals surface area contributed by atoms with Crippen molar-refractivity contribution in [3.05, 3.63) is 34.9 Å². The molecule has 5 heteroatoms. The van der Waals surface area contributed by atoms with Gasteiger partial charge in [-0.05, 0) is 25.1 Å². The first-order chi connectivity index (χ1) is 6.56. The summed E-state index contributed by atoms with van der Waals surface area (Å²) in [5.74, 6) is -3.09. The zero-order chi connectivity index (χ0) is 10.7. The molecule has 0 aliphatic carbocycles. The zero-order valence-corrected chi connectivity index (χ0v) is 7.26. The first kappa shape index (κ1) is 10.6. The first-order valence-corrected chi connectivity index (χ1v) is 3.97. The third-order valence-corrected chi connectivity index (χ3v) is 1.78. The van der Waals surface area contributed by atoms with Crippen LogP contribution in [0, 0.1) is 11.6 Å². The highest BCUT2D eigenvalue weighted by Gasteiger charge is 2.13. The molecular formula is C9H9F2NO2. The average molecular weight is 201 g/mol. The maximum Gasteiger partial charge on any atom is 0.335 e. The second kappa shape index (κ2) is 4.15. The summed E-state index contributed by atoms with van der Waals surface area (Å²) in [5, 5.41) is 8.50. The van der Waals surface area contributed by atoms with Gasteiger partial charge in [0.2, 0.25) is 0 Å². The Balaban J connectivity index is 3.18. The Kier molecular flexibility index (Phi) is 3.14. The summed E-state index contributed by atoms with van der Waals surface area (Å²) in [6.45, 7) is 0.111. The normalized spacial score (nSPS) is 10.2. The Morgan fingerprint density at radius 1 is 1.36 bits per heavy atom. The van der Waals surface area contributed by atoms with Crippen molar-refractivity contribution < 1.29 is 18.7 Å². The van der Waals surface area contributed by atoms with Gasteiger partial charge in [-0.1, -0.05) is 0 Å². The maximum absolute atomic E-state index is 13.1. The lowest BCUT2D eigenvalue weighted by Crippen LogP contribution is -2.08. The van der Waals surface area contributed by atoms with Crippen molar-refractivity contribution in [1.29, 1.82) is 0 Å². The molecule has 0 bridgehead atoms. The molecule has 3 N–H and O–H groups in total. The van der Waals surface area contributed by atoms with E-state index >= 15 is 0 Å². The lowest BCUT2D eigenvalue weighted by atomic mass is 10.1. The SMILES string of the molecule is NCCc1c(F)cc(C(=O)O)cc1F. The number of hydrogen-bond donors (Lipinski definition) is 2. The van der Waals surface area contributed by atoms with Crippen LogP contribution in [0.3, 0.4) is 0 Å². The fourth-order valence-corrected chi connectivity index (χ4v) is 1.11. The van der Waals surface area contributed by atoms with Gasteiger partial charge >= 0.3 is 5.97 Å². The highest BCUT2D eigenvalue weighted by atomic mass is 19.1. The number of rotatable bonds is 3. The van der Waals surface area contributed by atoms with Crippen LogP contribution in [0.1, 0.15) is 15.9 Å². The molecule has 1 aromatic carbocycles. The molecule has 0 aliphatic heterocycles. The monoisotopic (exact) mass is 201 g/mol. The summed E-state index contributed by atoms with van der Waals surface area (Å²) in [7, 11) is 0. The van der Waals surface area contributed by atoms with Gasteiger partial charge in [-0.25, -0.2) is 13.6 Å². The lowest BCUT2D eigenvalue weighted by Gasteiger charge is -2.04. The summed E-state index contributed by atoms with van der Waals surface area (Å²) in [5.41, 5.74) is 4.58. The van der Waals surface area contributed by atoms with Crippen molar-refractivity contribution in [3.63, 3.8) is 0 Å². The molecule has 0 aromatic heterocycles. The highest BCUT2D eigenvalue weighted by Crippen LogP contribution is 2.15. The minimum Gasteiger partial charge on any atom is -0.478 e. The van der Waals surface area contributed by atoms with E-state index in [9.17, 15) is 13.6 Å². The molecule has 0 aliphatic rings. The maximum atomic E-state index is 13.1. The van der Waals surface area contributed by atoms with Gasteiger partial charge in [0.05, 0.1) is 5.56 Å². The number of carboxylic acids is 1. The van der Waals surface area contributed by atoms with Crippen LogP contribution in [0.2, 0.25) is 0 Å². The molecular weight excluding hydrogens is 192 g/mol. The van der Waals surface area contributed by atoms with Crippen LogP contribution in [0.15, 0.2) is 12.1 Å². The molecule has 0 spiro atoms. The largest absolute Gasteiger partial charge is 0.478 e. The summed E-state index contributed by atoms with van der Waals surface area (Å²) in [4.78, 5) is 10.4. The number of benzene rings is 1. The van der Waals surface area contributed by atoms with Crippen LogP contribution in [-0.2, 0) is 6.42 Å². The van der Waals surface area contributed by atoms with E-state index in [4.69, 9.17) is 10.8 Å². The minimum atomic E-state index is -1.36. The molecule has 0 fully saturated rings. The van der Waals surface area contributed by atoms with E-state index in [-0.39, 0.29) is 18.5 Å². The number of nitrogens with two attached hydrogens (primary N) is 1. The van der Waals surface area contributed by atoms with E-state index in [2.05, 4.69) is 0 Å². The average Bonchev–Trinajstić information content (AvgIpc) is 2.10. The van der Waals surface area contributed by atoms with E-state index in [1.165, 1.54) is 0 Å². The number of aromatic carboxylic acids is 1. The van der Waals surface area contributed by atoms with Gasteiger partial charge in [-0.3, -0.25) is 0 Å². The van der Waals surface area contributed by atoms with E-state index in [1.807, 2.05) is 0 Å². The molecule has 0 atom stereocenters. The summed E-state index contributed by atoms with van der Waals surface area (Å²) in [6.07, 6.45) is 0.0531. The number of carboxylic acid groups (broad SMARTS) is 1. The molecule has 0 unspecified atom stereocenters. The topological polar surface area (TPSA) is 63.3 Å². The minimum absolute atomic E-state index is 0.0531. The molecule has 1 rings (SSSR count). The Hall–Kier alpha value is -1.49. The van der Waals surface area contributed by atoms with Crippen molar-refractivity contribution in [2.75, 3.05) is 6.54 Å². The van der Waals surface area contributed by atoms with E-state index < -0.39 is 23.2 Å². The van der Waals surface area contributed by atoms with Crippen LogP contribution in [-0.4, -0.2) is 17.6 Å². The third kappa shape index (κ3) is 2.05. The first-order valence-electron chi connectivity index (χ1n) is 3.97. The van der Waals surface area contributed by atoms with E-state index in [0.717, 1.165) is 12.1 Å². The van der Waals surface area contributed by atoms with Crippen molar-refractivity contribution in [2.24, 2.45) is 5.73 Å². The smallest absolute Gasteiger partial charge is 0.335 e. The van der Waals surface area contributed by atoms with Gasteiger partial charge in [0.15, 0.2) is 0 Å². The van der Waals surface area contributed by atoms with Gasteiger partial charge in [0.1, 0.15) is 11.6 Å². The summed E-state index contributed by atoms with van der Waals surface area (Å²) >= 11 is 0. The van der Waals surface area contributed by atoms with Crippen molar-refractivity contribution in [1.82, 2.24) is 0 Å². The Labute approximate surface area is 79.2 Å². The quantitative estimate of drug-likeness (QED) is 0.771. The van der Waals surface area contributed by atoms with E-state index in [0.29, 0.717) is 0 Å². The fraction of sp³-hybridized carbons (Fsp3) is 0.222. The van der Waals surface area contributed by atoms with E-state index in [1.54, 1.807) is 0 Å².